The van der Waals surface area contributed by atoms with Gasteiger partial charge in [-0.1, -0.05) is 0 Å². The van der Waals surface area contributed by atoms with E-state index in [9.17, 15) is 9.00 Å². The molecule has 2 fully saturated rings. The first-order valence-electron chi connectivity index (χ1n) is 13.9. The van der Waals surface area contributed by atoms with Gasteiger partial charge in [0.2, 0.25) is 5.95 Å². The monoisotopic (exact) mass is 635 g/mol. The van der Waals surface area contributed by atoms with E-state index in [0.717, 1.165) is 37.4 Å². The van der Waals surface area contributed by atoms with Crippen molar-refractivity contribution in [3.8, 4) is 16.3 Å². The van der Waals surface area contributed by atoms with Gasteiger partial charge in [-0.15, -0.1) is 22.7 Å². The van der Waals surface area contributed by atoms with Gasteiger partial charge in [-0.25, -0.2) is 9.97 Å². The van der Waals surface area contributed by atoms with E-state index in [4.69, 9.17) is 14.5 Å². The quantitative estimate of drug-likeness (QED) is 0.237. The molecule has 0 radical (unpaired) electrons. The van der Waals surface area contributed by atoms with E-state index in [0.29, 0.717) is 55.6 Å². The van der Waals surface area contributed by atoms with E-state index >= 15 is 0 Å². The van der Waals surface area contributed by atoms with Crippen LogP contribution >= 0.6 is 22.7 Å². The topological polar surface area (TPSA) is 133 Å². The van der Waals surface area contributed by atoms with Crippen LogP contribution in [0.15, 0.2) is 67.6 Å². The molecule has 0 bridgehead atoms. The second-order valence-corrected chi connectivity index (χ2v) is 15.1. The summed E-state index contributed by atoms with van der Waals surface area (Å²) in [7, 11) is -2.77. The summed E-state index contributed by atoms with van der Waals surface area (Å²) in [4.78, 5) is 31.8. The van der Waals surface area contributed by atoms with Gasteiger partial charge in [-0.3, -0.25) is 18.6 Å². The molecule has 11 nitrogen and oxygen atoms in total. The fourth-order valence-electron chi connectivity index (χ4n) is 5.25. The van der Waals surface area contributed by atoms with Crippen LogP contribution in [-0.4, -0.2) is 67.0 Å². The lowest BCUT2D eigenvalue weighted by atomic mass is 10.1. The molecule has 14 heteroatoms. The zero-order valence-corrected chi connectivity index (χ0v) is 25.6. The molecule has 6 heterocycles. The van der Waals surface area contributed by atoms with Crippen molar-refractivity contribution in [3.05, 3.63) is 64.8 Å². The SMILES string of the molecule is C=S(=O)(c1cncs1)c1cnc(-c2cc3cnc(Nc4ccc(OC5CCNCC5)cc4)nc3n(C3CCOC3)c2=O)s1. The van der Waals surface area contributed by atoms with Crippen molar-refractivity contribution in [2.45, 2.75) is 39.8 Å². The maximum Gasteiger partial charge on any atom is 0.262 e. The number of nitrogens with one attached hydrogen (secondary N) is 2. The number of rotatable bonds is 8. The summed E-state index contributed by atoms with van der Waals surface area (Å²) >= 11 is 2.48. The van der Waals surface area contributed by atoms with Crippen LogP contribution in [0.3, 0.4) is 0 Å². The second kappa shape index (κ2) is 11.8. The largest absolute Gasteiger partial charge is 0.490 e. The van der Waals surface area contributed by atoms with Crippen molar-refractivity contribution in [2.75, 3.05) is 31.6 Å². The summed E-state index contributed by atoms with van der Waals surface area (Å²) in [5.41, 5.74) is 3.09. The van der Waals surface area contributed by atoms with Gasteiger partial charge in [-0.05, 0) is 68.6 Å². The molecule has 2 unspecified atom stereocenters. The lowest BCUT2D eigenvalue weighted by Gasteiger charge is -2.23. The van der Waals surface area contributed by atoms with E-state index in [1.807, 2.05) is 24.3 Å². The Balaban J connectivity index is 1.20. The number of benzene rings is 1. The van der Waals surface area contributed by atoms with Crippen molar-refractivity contribution in [3.63, 3.8) is 0 Å². The molecule has 1 aromatic carbocycles. The summed E-state index contributed by atoms with van der Waals surface area (Å²) < 4.78 is 28.0. The number of piperidine rings is 1. The summed E-state index contributed by atoms with van der Waals surface area (Å²) in [6.45, 7) is 2.91. The highest BCUT2D eigenvalue weighted by molar-refractivity contribution is 8.03. The van der Waals surface area contributed by atoms with E-state index in [1.165, 1.54) is 28.9 Å². The zero-order valence-electron chi connectivity index (χ0n) is 23.1. The number of nitrogens with zero attached hydrogens (tertiary/aromatic N) is 5. The molecule has 7 rings (SSSR count). The number of aromatic nitrogens is 5. The van der Waals surface area contributed by atoms with Crippen LogP contribution in [0.5, 0.6) is 5.75 Å². The third-order valence-electron chi connectivity index (χ3n) is 7.52. The molecule has 2 N–H and O–H groups in total. The second-order valence-electron chi connectivity index (χ2n) is 10.4. The standard InChI is InChI=1S/C29H29N7O4S3/c1-43(38,24-14-31-17-41-24)25-15-32-27(42-25)23-12-18-13-33-29(35-26(18)36(28(23)37)20-8-11-39-16-20)34-19-2-4-21(5-3-19)40-22-6-9-30-10-7-22/h2-5,12-15,17,20,22,30H,1,6-11,16H2,(H,33,34,35). The Hall–Kier alpha value is -3.69. The van der Waals surface area contributed by atoms with Crippen molar-refractivity contribution in [2.24, 2.45) is 0 Å². The van der Waals surface area contributed by atoms with Crippen molar-refractivity contribution in [1.29, 1.82) is 0 Å². The number of pyridine rings is 1. The highest BCUT2D eigenvalue weighted by Gasteiger charge is 2.26. The fraction of sp³-hybridized carbons (Fsp3) is 0.310. The Labute approximate surface area is 256 Å². The first-order valence-corrected chi connectivity index (χ1v) is 17.3. The Morgan fingerprint density at radius 3 is 2.67 bits per heavy atom. The van der Waals surface area contributed by atoms with Crippen LogP contribution in [0.25, 0.3) is 21.6 Å². The molecule has 2 atom stereocenters. The van der Waals surface area contributed by atoms with Crippen molar-refractivity contribution in [1.82, 2.24) is 29.8 Å². The molecule has 0 amide bonds. The van der Waals surface area contributed by atoms with Gasteiger partial charge in [0.1, 0.15) is 30.9 Å². The molecule has 0 saturated carbocycles. The van der Waals surface area contributed by atoms with Crippen LogP contribution in [0, 0.1) is 0 Å². The van der Waals surface area contributed by atoms with Gasteiger partial charge < -0.3 is 20.1 Å². The molecule has 0 spiro atoms. The molecule has 43 heavy (non-hydrogen) atoms. The smallest absolute Gasteiger partial charge is 0.262 e. The molecule has 2 saturated heterocycles. The summed E-state index contributed by atoms with van der Waals surface area (Å²) in [5.74, 6) is 5.15. The van der Waals surface area contributed by atoms with Crippen LogP contribution in [0.2, 0.25) is 0 Å². The third-order valence-corrected chi connectivity index (χ3v) is 12.6. The Morgan fingerprint density at radius 1 is 1.09 bits per heavy atom. The average Bonchev–Trinajstić information content (AvgIpc) is 3.82. The molecule has 2 aliphatic rings. The first kappa shape index (κ1) is 28.1. The number of ether oxygens (including phenoxy) is 2. The molecular formula is C29H29N7O4S3. The minimum Gasteiger partial charge on any atom is -0.490 e. The zero-order chi connectivity index (χ0) is 29.4. The Bertz CT molecular complexity index is 1910. The molecular weight excluding hydrogens is 607 g/mol. The summed E-state index contributed by atoms with van der Waals surface area (Å²) in [5, 5.41) is 7.75. The third kappa shape index (κ3) is 5.68. The van der Waals surface area contributed by atoms with E-state index in [2.05, 4.69) is 31.5 Å². The van der Waals surface area contributed by atoms with Gasteiger partial charge >= 0.3 is 0 Å². The van der Waals surface area contributed by atoms with Crippen molar-refractivity contribution >= 4 is 60.7 Å². The van der Waals surface area contributed by atoms with E-state index in [-0.39, 0.29) is 17.7 Å². The van der Waals surface area contributed by atoms with Crippen LogP contribution < -0.4 is 20.9 Å². The van der Waals surface area contributed by atoms with Gasteiger partial charge in [0, 0.05) is 33.4 Å². The number of thiazole rings is 2. The lowest BCUT2D eigenvalue weighted by molar-refractivity contribution is 0.162. The van der Waals surface area contributed by atoms with E-state index in [1.54, 1.807) is 28.5 Å². The maximum absolute atomic E-state index is 14.0. The number of hydrogen-bond donors (Lipinski definition) is 2. The Morgan fingerprint density at radius 2 is 1.93 bits per heavy atom. The van der Waals surface area contributed by atoms with Crippen LogP contribution in [0.1, 0.15) is 25.3 Å². The van der Waals surface area contributed by atoms with Crippen LogP contribution in [0.4, 0.5) is 11.6 Å². The summed E-state index contributed by atoms with van der Waals surface area (Å²) in [6.07, 6.45) is 7.69. The predicted octanol–water partition coefficient (Wildman–Crippen LogP) is 4.34. The minimum atomic E-state index is -2.77. The number of fused-ring (bicyclic) bond motifs is 1. The molecule has 5 aromatic rings. The maximum atomic E-state index is 14.0. The minimum absolute atomic E-state index is 0.183. The lowest BCUT2D eigenvalue weighted by Crippen LogP contribution is -2.34. The highest BCUT2D eigenvalue weighted by Crippen LogP contribution is 2.33. The Kier molecular flexibility index (Phi) is 7.69. The molecule has 2 aliphatic heterocycles. The van der Waals surface area contributed by atoms with E-state index < -0.39 is 9.52 Å². The number of anilines is 2. The highest BCUT2D eigenvalue weighted by atomic mass is 32.3. The molecule has 4 aromatic heterocycles. The first-order chi connectivity index (χ1) is 21.0. The molecule has 222 valence electrons. The number of hydrogen-bond acceptors (Lipinski definition) is 12. The predicted molar refractivity (Wildman–Crippen MR) is 170 cm³/mol. The van der Waals surface area contributed by atoms with Gasteiger partial charge in [0.25, 0.3) is 5.56 Å². The summed E-state index contributed by atoms with van der Waals surface area (Å²) in [6, 6.07) is 9.30. The van der Waals surface area contributed by atoms with Crippen LogP contribution in [-0.2, 0) is 14.3 Å². The normalized spacial score (nSPS) is 18.9. The van der Waals surface area contributed by atoms with Gasteiger partial charge in [0.15, 0.2) is 0 Å². The van der Waals surface area contributed by atoms with Gasteiger partial charge in [0.05, 0.1) is 36.1 Å². The van der Waals surface area contributed by atoms with Gasteiger partial charge in [-0.2, -0.15) is 4.98 Å². The average molecular weight is 636 g/mol. The molecule has 0 aliphatic carbocycles. The fourth-order valence-corrected chi connectivity index (χ4v) is 9.13. The van der Waals surface area contributed by atoms with Crippen molar-refractivity contribution < 1.29 is 13.7 Å².